The first-order valence-electron chi connectivity index (χ1n) is 6.38. The van der Waals surface area contributed by atoms with Crippen LogP contribution in [0, 0.1) is 12.7 Å². The second-order valence-corrected chi connectivity index (χ2v) is 5.86. The van der Waals surface area contributed by atoms with E-state index in [2.05, 4.69) is 0 Å². The molecule has 1 heterocycles. The van der Waals surface area contributed by atoms with Gasteiger partial charge in [0, 0.05) is 21.8 Å². The number of ketones is 1. The zero-order chi connectivity index (χ0) is 14.1. The summed E-state index contributed by atoms with van der Waals surface area (Å²) in [6.07, 6.45) is 1.89. The maximum absolute atomic E-state index is 13.3. The third-order valence-electron chi connectivity index (χ3n) is 3.28. The lowest BCUT2D eigenvalue weighted by Gasteiger charge is -2.16. The number of thioether (sulfide) groups is 1. The molecule has 0 unspecified atom stereocenters. The zero-order valence-corrected chi connectivity index (χ0v) is 11.8. The van der Waals surface area contributed by atoms with Crippen LogP contribution in [-0.2, 0) is 0 Å². The van der Waals surface area contributed by atoms with E-state index in [1.165, 1.54) is 17.7 Å². The molecule has 20 heavy (non-hydrogen) atoms. The van der Waals surface area contributed by atoms with Crippen molar-refractivity contribution in [3.63, 3.8) is 0 Å². The molecule has 1 nitrogen and oxygen atoms in total. The van der Waals surface area contributed by atoms with Crippen LogP contribution in [0.4, 0.5) is 4.39 Å². The Labute approximate surface area is 121 Å². The van der Waals surface area contributed by atoms with Gasteiger partial charge in [0.05, 0.1) is 0 Å². The standard InChI is InChI=1S/C17H13FOS/c1-11-2-4-12(5-3-11)8-13-10-20-16-7-6-14(18)9-15(16)17(13)19/h2-9H,10H2,1H3/b13-8-. The van der Waals surface area contributed by atoms with Crippen LogP contribution in [0.5, 0.6) is 0 Å². The molecule has 1 aliphatic rings. The number of halogens is 1. The summed E-state index contributed by atoms with van der Waals surface area (Å²) in [4.78, 5) is 13.3. The van der Waals surface area contributed by atoms with E-state index in [1.54, 1.807) is 17.8 Å². The molecule has 0 atom stereocenters. The van der Waals surface area contributed by atoms with Crippen LogP contribution in [0.2, 0.25) is 0 Å². The van der Waals surface area contributed by atoms with Crippen molar-refractivity contribution in [3.05, 3.63) is 70.5 Å². The van der Waals surface area contributed by atoms with Crippen molar-refractivity contribution in [2.75, 3.05) is 5.75 Å². The fourth-order valence-electron chi connectivity index (χ4n) is 2.17. The van der Waals surface area contributed by atoms with E-state index in [-0.39, 0.29) is 11.6 Å². The molecule has 0 bridgehead atoms. The number of Topliss-reactive ketones (excluding diaryl/α,β-unsaturated/α-hetero) is 1. The van der Waals surface area contributed by atoms with Crippen molar-refractivity contribution in [1.29, 1.82) is 0 Å². The Morgan fingerprint density at radius 3 is 2.65 bits per heavy atom. The average Bonchev–Trinajstić information content (AvgIpc) is 2.45. The van der Waals surface area contributed by atoms with E-state index >= 15 is 0 Å². The van der Waals surface area contributed by atoms with Crippen LogP contribution in [0.15, 0.2) is 52.9 Å². The molecule has 0 aromatic heterocycles. The number of rotatable bonds is 1. The van der Waals surface area contributed by atoms with Gasteiger partial charge in [0.25, 0.3) is 0 Å². The molecule has 0 amide bonds. The topological polar surface area (TPSA) is 17.1 Å². The number of aryl methyl sites for hydroxylation is 1. The Kier molecular flexibility index (Phi) is 3.45. The van der Waals surface area contributed by atoms with E-state index in [4.69, 9.17) is 0 Å². The van der Waals surface area contributed by atoms with Gasteiger partial charge in [-0.1, -0.05) is 29.8 Å². The molecule has 0 N–H and O–H groups in total. The number of hydrogen-bond donors (Lipinski definition) is 0. The van der Waals surface area contributed by atoms with Gasteiger partial charge in [-0.3, -0.25) is 4.79 Å². The molecule has 0 spiro atoms. The number of fused-ring (bicyclic) bond motifs is 1. The van der Waals surface area contributed by atoms with Gasteiger partial charge >= 0.3 is 0 Å². The van der Waals surface area contributed by atoms with Crippen molar-refractivity contribution in [2.45, 2.75) is 11.8 Å². The second-order valence-electron chi connectivity index (χ2n) is 4.84. The Balaban J connectivity index is 1.97. The molecule has 0 fully saturated rings. The second kappa shape index (κ2) is 5.25. The lowest BCUT2D eigenvalue weighted by molar-refractivity contribution is 0.103. The third-order valence-corrected chi connectivity index (χ3v) is 4.40. The van der Waals surface area contributed by atoms with E-state index in [9.17, 15) is 9.18 Å². The summed E-state index contributed by atoms with van der Waals surface area (Å²) in [7, 11) is 0. The Morgan fingerprint density at radius 2 is 1.90 bits per heavy atom. The first kappa shape index (κ1) is 13.1. The maximum Gasteiger partial charge on any atom is 0.191 e. The third kappa shape index (κ3) is 2.54. The predicted octanol–water partition coefficient (Wildman–Crippen LogP) is 4.51. The van der Waals surface area contributed by atoms with Gasteiger partial charge in [0.2, 0.25) is 0 Å². The molecule has 3 heteroatoms. The Morgan fingerprint density at radius 1 is 1.15 bits per heavy atom. The SMILES string of the molecule is Cc1ccc(/C=C2/CSc3ccc(F)cc3C2=O)cc1. The minimum absolute atomic E-state index is 0.0705. The number of carbonyl (C=O) groups excluding carboxylic acids is 1. The highest BCUT2D eigenvalue weighted by atomic mass is 32.2. The van der Waals surface area contributed by atoms with E-state index in [0.717, 1.165) is 16.0 Å². The quantitative estimate of drug-likeness (QED) is 0.717. The molecule has 0 saturated carbocycles. The lowest BCUT2D eigenvalue weighted by atomic mass is 10.0. The molecule has 100 valence electrons. The number of benzene rings is 2. The van der Waals surface area contributed by atoms with Crippen LogP contribution in [0.25, 0.3) is 6.08 Å². The van der Waals surface area contributed by atoms with Crippen LogP contribution in [0.1, 0.15) is 21.5 Å². The van der Waals surface area contributed by atoms with Crippen molar-refractivity contribution < 1.29 is 9.18 Å². The molecule has 1 aliphatic heterocycles. The van der Waals surface area contributed by atoms with E-state index < -0.39 is 0 Å². The maximum atomic E-state index is 13.3. The van der Waals surface area contributed by atoms with Gasteiger partial charge in [-0.15, -0.1) is 11.8 Å². The summed E-state index contributed by atoms with van der Waals surface area (Å²) in [6.45, 7) is 2.03. The van der Waals surface area contributed by atoms with Crippen molar-refractivity contribution in [2.24, 2.45) is 0 Å². The normalized spacial score (nSPS) is 16.3. The minimum Gasteiger partial charge on any atom is -0.289 e. The molecular formula is C17H13FOS. The first-order chi connectivity index (χ1) is 9.63. The molecule has 0 aliphatic carbocycles. The Bertz CT molecular complexity index is 701. The highest BCUT2D eigenvalue weighted by Gasteiger charge is 2.22. The smallest absolute Gasteiger partial charge is 0.191 e. The van der Waals surface area contributed by atoms with E-state index in [0.29, 0.717) is 11.3 Å². The van der Waals surface area contributed by atoms with Crippen LogP contribution < -0.4 is 0 Å². The summed E-state index contributed by atoms with van der Waals surface area (Å²) in [5.74, 6) is 0.193. The van der Waals surface area contributed by atoms with Gasteiger partial charge in [0.15, 0.2) is 5.78 Å². The lowest BCUT2D eigenvalue weighted by Crippen LogP contribution is -2.12. The van der Waals surface area contributed by atoms with Crippen LogP contribution in [0.3, 0.4) is 0 Å². The average molecular weight is 284 g/mol. The summed E-state index contributed by atoms with van der Waals surface area (Å²) in [5, 5.41) is 0. The fourth-order valence-corrected chi connectivity index (χ4v) is 3.17. The van der Waals surface area contributed by atoms with Crippen LogP contribution >= 0.6 is 11.8 Å². The highest BCUT2D eigenvalue weighted by Crippen LogP contribution is 2.33. The highest BCUT2D eigenvalue weighted by molar-refractivity contribution is 7.99. The zero-order valence-electron chi connectivity index (χ0n) is 11.0. The molecule has 0 saturated heterocycles. The van der Waals surface area contributed by atoms with Gasteiger partial charge in [-0.2, -0.15) is 0 Å². The van der Waals surface area contributed by atoms with Crippen molar-refractivity contribution >= 4 is 23.6 Å². The van der Waals surface area contributed by atoms with Gasteiger partial charge in [-0.25, -0.2) is 4.39 Å². The summed E-state index contributed by atoms with van der Waals surface area (Å²) >= 11 is 1.58. The minimum atomic E-state index is -0.366. The van der Waals surface area contributed by atoms with Crippen LogP contribution in [-0.4, -0.2) is 11.5 Å². The van der Waals surface area contributed by atoms with Gasteiger partial charge in [-0.05, 0) is 36.8 Å². The Hall–Kier alpha value is -1.87. The molecule has 3 rings (SSSR count). The summed E-state index contributed by atoms with van der Waals surface area (Å²) in [5.41, 5.74) is 3.37. The first-order valence-corrected chi connectivity index (χ1v) is 7.36. The van der Waals surface area contributed by atoms with E-state index in [1.807, 2.05) is 37.3 Å². The monoisotopic (exact) mass is 284 g/mol. The van der Waals surface area contributed by atoms with Crippen molar-refractivity contribution in [1.82, 2.24) is 0 Å². The van der Waals surface area contributed by atoms with Crippen molar-refractivity contribution in [3.8, 4) is 0 Å². The predicted molar refractivity (Wildman–Crippen MR) is 80.6 cm³/mol. The number of carbonyl (C=O) groups is 1. The van der Waals surface area contributed by atoms with Gasteiger partial charge in [0.1, 0.15) is 5.82 Å². The number of hydrogen-bond acceptors (Lipinski definition) is 2. The molecule has 0 radical (unpaired) electrons. The molecule has 2 aromatic carbocycles. The molecular weight excluding hydrogens is 271 g/mol. The summed E-state index contributed by atoms with van der Waals surface area (Å²) in [6, 6.07) is 12.4. The summed E-state index contributed by atoms with van der Waals surface area (Å²) < 4.78 is 13.3. The molecule has 2 aromatic rings. The largest absolute Gasteiger partial charge is 0.289 e. The van der Waals surface area contributed by atoms with Gasteiger partial charge < -0.3 is 0 Å². The fraction of sp³-hybridized carbons (Fsp3) is 0.118.